The molecule has 4 nitrogen and oxygen atoms in total. The molecule has 6 rings (SSSR count). The van der Waals surface area contributed by atoms with Crippen molar-refractivity contribution in [1.29, 1.82) is 5.26 Å². The van der Waals surface area contributed by atoms with Crippen LogP contribution >= 0.6 is 0 Å². The molecular formula is C21H22N2O2. The minimum atomic E-state index is -1.58. The molecule has 128 valence electrons. The van der Waals surface area contributed by atoms with E-state index in [1.807, 2.05) is 12.1 Å². The summed E-state index contributed by atoms with van der Waals surface area (Å²) in [7, 11) is 0. The summed E-state index contributed by atoms with van der Waals surface area (Å²) in [4.78, 5) is 26.1. The summed E-state index contributed by atoms with van der Waals surface area (Å²) in [5.41, 5.74) is -0.406. The summed E-state index contributed by atoms with van der Waals surface area (Å²) in [5, 5.41) is 13.1. The first kappa shape index (κ1) is 15.1. The first-order valence-corrected chi connectivity index (χ1v) is 9.40. The molecule has 1 atom stereocenters. The number of benzene rings is 1. The molecule has 4 fully saturated rings. The Morgan fingerprint density at radius 2 is 1.68 bits per heavy atom. The zero-order chi connectivity index (χ0) is 17.2. The minimum Gasteiger partial charge on any atom is -0.349 e. The normalized spacial score (nSPS) is 40.6. The van der Waals surface area contributed by atoms with Crippen LogP contribution in [0.3, 0.4) is 0 Å². The van der Waals surface area contributed by atoms with Gasteiger partial charge in [-0.3, -0.25) is 9.59 Å². The van der Waals surface area contributed by atoms with Crippen LogP contribution in [0.5, 0.6) is 0 Å². The lowest BCUT2D eigenvalue weighted by atomic mass is 9.53. The van der Waals surface area contributed by atoms with Crippen LogP contribution in [0.2, 0.25) is 0 Å². The lowest BCUT2D eigenvalue weighted by molar-refractivity contribution is -0.131. The van der Waals surface area contributed by atoms with Crippen molar-refractivity contribution in [3.63, 3.8) is 0 Å². The van der Waals surface area contributed by atoms with E-state index in [2.05, 4.69) is 11.4 Å². The van der Waals surface area contributed by atoms with Crippen LogP contribution in [0, 0.1) is 34.5 Å². The quantitative estimate of drug-likeness (QED) is 0.845. The van der Waals surface area contributed by atoms with Gasteiger partial charge in [-0.15, -0.1) is 0 Å². The molecule has 25 heavy (non-hydrogen) atoms. The molecule has 4 bridgehead atoms. The van der Waals surface area contributed by atoms with Gasteiger partial charge in [0.2, 0.25) is 11.3 Å². The molecule has 0 unspecified atom stereocenters. The third kappa shape index (κ3) is 2.05. The summed E-state index contributed by atoms with van der Waals surface area (Å²) in [6, 6.07) is 9.33. The van der Waals surface area contributed by atoms with E-state index < -0.39 is 5.41 Å². The molecule has 0 spiro atoms. The summed E-state index contributed by atoms with van der Waals surface area (Å²) >= 11 is 0. The van der Waals surface area contributed by atoms with Crippen LogP contribution in [-0.4, -0.2) is 17.2 Å². The first-order valence-electron chi connectivity index (χ1n) is 9.40. The second-order valence-electron chi connectivity index (χ2n) is 8.83. The number of hydrogen-bond acceptors (Lipinski definition) is 3. The number of carbonyl (C=O) groups is 2. The SMILES string of the molecule is N#C[C@@]1(C(=O)NC23CC4CC(CC(C4)C2)C3)Cc2ccccc2C1=O. The molecule has 0 heterocycles. The Bertz CT molecular complexity index is 786. The Kier molecular flexibility index (Phi) is 2.99. The molecule has 5 aliphatic rings. The van der Waals surface area contributed by atoms with Crippen molar-refractivity contribution in [3.05, 3.63) is 35.4 Å². The van der Waals surface area contributed by atoms with Gasteiger partial charge in [-0.2, -0.15) is 5.26 Å². The van der Waals surface area contributed by atoms with E-state index in [0.717, 1.165) is 24.8 Å². The van der Waals surface area contributed by atoms with Gasteiger partial charge in [0.05, 0.1) is 6.07 Å². The van der Waals surface area contributed by atoms with Crippen molar-refractivity contribution < 1.29 is 9.59 Å². The largest absolute Gasteiger partial charge is 0.349 e. The van der Waals surface area contributed by atoms with E-state index in [0.29, 0.717) is 23.3 Å². The zero-order valence-corrected chi connectivity index (χ0v) is 14.3. The molecule has 0 aromatic heterocycles. The summed E-state index contributed by atoms with van der Waals surface area (Å²) in [6.07, 6.45) is 7.15. The average Bonchev–Trinajstić information content (AvgIpc) is 2.87. The maximum atomic E-state index is 13.2. The minimum absolute atomic E-state index is 0.176. The van der Waals surface area contributed by atoms with Gasteiger partial charge in [-0.25, -0.2) is 0 Å². The molecule has 0 radical (unpaired) electrons. The molecule has 5 aliphatic carbocycles. The van der Waals surface area contributed by atoms with Gasteiger partial charge in [0.25, 0.3) is 0 Å². The Morgan fingerprint density at radius 1 is 1.08 bits per heavy atom. The van der Waals surface area contributed by atoms with Crippen LogP contribution in [-0.2, 0) is 11.2 Å². The number of nitriles is 1. The number of hydrogen-bond donors (Lipinski definition) is 1. The Morgan fingerprint density at radius 3 is 2.24 bits per heavy atom. The van der Waals surface area contributed by atoms with Crippen LogP contribution in [0.25, 0.3) is 0 Å². The number of carbonyl (C=O) groups excluding carboxylic acids is 2. The molecule has 1 aromatic carbocycles. The van der Waals surface area contributed by atoms with E-state index in [4.69, 9.17) is 0 Å². The second kappa shape index (κ2) is 4.94. The maximum Gasteiger partial charge on any atom is 0.249 e. The molecule has 4 saturated carbocycles. The standard InChI is InChI=1S/C21H22N2O2/c22-12-21(11-16-3-1-2-4-17(16)18(21)24)19(25)23-20-8-13-5-14(9-20)7-15(6-13)10-20/h1-4,13-15H,5-11H2,(H,23,25)/t13?,14?,15?,20?,21-/m0/s1. The summed E-state index contributed by atoms with van der Waals surface area (Å²) in [5.74, 6) is 1.44. The number of ketones is 1. The third-order valence-corrected chi connectivity index (χ3v) is 7.10. The highest BCUT2D eigenvalue weighted by Crippen LogP contribution is 2.56. The molecule has 1 aromatic rings. The second-order valence-corrected chi connectivity index (χ2v) is 8.83. The molecular weight excluding hydrogens is 312 g/mol. The van der Waals surface area contributed by atoms with Gasteiger partial charge >= 0.3 is 0 Å². The number of Topliss-reactive ketones (excluding diaryl/α,β-unsaturated/α-hetero) is 1. The van der Waals surface area contributed by atoms with Gasteiger partial charge in [0.1, 0.15) is 0 Å². The van der Waals surface area contributed by atoms with E-state index in [1.54, 1.807) is 12.1 Å². The van der Waals surface area contributed by atoms with Crippen molar-refractivity contribution >= 4 is 11.7 Å². The number of nitrogens with one attached hydrogen (secondary N) is 1. The fourth-order valence-electron chi connectivity index (χ4n) is 6.43. The van der Waals surface area contributed by atoms with Crippen molar-refractivity contribution in [2.45, 2.75) is 50.5 Å². The first-order chi connectivity index (χ1) is 12.0. The maximum absolute atomic E-state index is 13.2. The number of nitrogens with zero attached hydrogens (tertiary/aromatic N) is 1. The lowest BCUT2D eigenvalue weighted by Gasteiger charge is -2.57. The van der Waals surface area contributed by atoms with Gasteiger partial charge in [0.15, 0.2) is 5.78 Å². The van der Waals surface area contributed by atoms with Crippen molar-refractivity contribution in [2.24, 2.45) is 23.2 Å². The summed E-state index contributed by atoms with van der Waals surface area (Å²) in [6.45, 7) is 0. The molecule has 4 heteroatoms. The Balaban J connectivity index is 1.45. The Hall–Kier alpha value is -2.15. The highest BCUT2D eigenvalue weighted by molar-refractivity contribution is 6.19. The van der Waals surface area contributed by atoms with E-state index in [9.17, 15) is 14.9 Å². The van der Waals surface area contributed by atoms with Crippen LogP contribution in [0.4, 0.5) is 0 Å². The summed E-state index contributed by atoms with van der Waals surface area (Å²) < 4.78 is 0. The molecule has 0 saturated heterocycles. The van der Waals surface area contributed by atoms with E-state index in [1.165, 1.54) is 19.3 Å². The molecule has 0 aliphatic heterocycles. The van der Waals surface area contributed by atoms with Gasteiger partial charge in [-0.1, -0.05) is 24.3 Å². The predicted octanol–water partition coefficient (Wildman–Crippen LogP) is 3.02. The number of fused-ring (bicyclic) bond motifs is 1. The van der Waals surface area contributed by atoms with Crippen molar-refractivity contribution in [3.8, 4) is 6.07 Å². The van der Waals surface area contributed by atoms with Gasteiger partial charge in [-0.05, 0) is 61.8 Å². The smallest absolute Gasteiger partial charge is 0.249 e. The van der Waals surface area contributed by atoms with E-state index >= 15 is 0 Å². The Labute approximate surface area is 147 Å². The predicted molar refractivity (Wildman–Crippen MR) is 91.6 cm³/mol. The lowest BCUT2D eigenvalue weighted by Crippen LogP contribution is -2.62. The van der Waals surface area contributed by atoms with E-state index in [-0.39, 0.29) is 23.7 Å². The van der Waals surface area contributed by atoms with Gasteiger partial charge in [0, 0.05) is 17.5 Å². The topological polar surface area (TPSA) is 70.0 Å². The monoisotopic (exact) mass is 334 g/mol. The van der Waals surface area contributed by atoms with Crippen LogP contribution < -0.4 is 5.32 Å². The van der Waals surface area contributed by atoms with Crippen LogP contribution in [0.1, 0.15) is 54.4 Å². The molecule has 1 amide bonds. The number of amides is 1. The highest BCUT2D eigenvalue weighted by atomic mass is 16.2. The molecule has 1 N–H and O–H groups in total. The number of rotatable bonds is 2. The van der Waals surface area contributed by atoms with Crippen molar-refractivity contribution in [1.82, 2.24) is 5.32 Å². The zero-order valence-electron chi connectivity index (χ0n) is 14.3. The average molecular weight is 334 g/mol. The van der Waals surface area contributed by atoms with Gasteiger partial charge < -0.3 is 5.32 Å². The third-order valence-electron chi connectivity index (χ3n) is 7.10. The van der Waals surface area contributed by atoms with Crippen molar-refractivity contribution in [2.75, 3.05) is 0 Å². The fraction of sp³-hybridized carbons (Fsp3) is 0.571. The highest BCUT2D eigenvalue weighted by Gasteiger charge is 2.57. The fourth-order valence-corrected chi connectivity index (χ4v) is 6.43. The van der Waals surface area contributed by atoms with Crippen LogP contribution in [0.15, 0.2) is 24.3 Å².